The molecule has 0 saturated heterocycles. The molecule has 19 heavy (non-hydrogen) atoms. The molecule has 0 aliphatic rings. The van der Waals surface area contributed by atoms with Gasteiger partial charge in [-0.1, -0.05) is 12.1 Å². The van der Waals surface area contributed by atoms with E-state index in [1.807, 2.05) is 18.2 Å². The summed E-state index contributed by atoms with van der Waals surface area (Å²) in [6, 6.07) is 11.7. The Balaban J connectivity index is 2.16. The Morgan fingerprint density at radius 2 is 1.47 bits per heavy atom. The highest BCUT2D eigenvalue weighted by Gasteiger charge is 2.04. The predicted octanol–water partition coefficient (Wildman–Crippen LogP) is 3.80. The maximum Gasteiger partial charge on any atom is 0.119 e. The summed E-state index contributed by atoms with van der Waals surface area (Å²) in [5.74, 6) is 1.23. The predicted molar refractivity (Wildman–Crippen MR) is 78.0 cm³/mol. The zero-order valence-electron chi connectivity index (χ0n) is 11.7. The molecule has 2 nitrogen and oxygen atoms in total. The largest absolute Gasteiger partial charge is 0.508 e. The number of aryl methyl sites for hydroxylation is 4. The summed E-state index contributed by atoms with van der Waals surface area (Å²) in [6.07, 6.45) is 1.88. The minimum Gasteiger partial charge on any atom is -0.508 e. The molecule has 100 valence electrons. The highest BCUT2D eigenvalue weighted by atomic mass is 16.5. The van der Waals surface area contributed by atoms with E-state index in [9.17, 15) is 5.11 Å². The van der Waals surface area contributed by atoms with Gasteiger partial charge in [0.2, 0.25) is 0 Å². The van der Waals surface area contributed by atoms with Crippen LogP contribution in [0.2, 0.25) is 0 Å². The van der Waals surface area contributed by atoms with E-state index in [0.29, 0.717) is 5.75 Å². The Kier molecular flexibility index (Phi) is 4.10. The van der Waals surface area contributed by atoms with Gasteiger partial charge in [0.05, 0.1) is 7.11 Å². The van der Waals surface area contributed by atoms with Gasteiger partial charge in [-0.15, -0.1) is 0 Å². The van der Waals surface area contributed by atoms with Crippen molar-refractivity contribution in [3.8, 4) is 11.5 Å². The lowest BCUT2D eigenvalue weighted by Crippen LogP contribution is -1.97. The van der Waals surface area contributed by atoms with Gasteiger partial charge in [-0.05, 0) is 73.2 Å². The summed E-state index contributed by atoms with van der Waals surface area (Å²) >= 11 is 0. The first-order valence-corrected chi connectivity index (χ1v) is 6.52. The molecule has 0 radical (unpaired) electrons. The Bertz CT molecular complexity index is 573. The summed E-state index contributed by atoms with van der Waals surface area (Å²) in [6.45, 7) is 4.19. The molecule has 0 amide bonds. The molecule has 0 heterocycles. The summed E-state index contributed by atoms with van der Waals surface area (Å²) in [4.78, 5) is 0. The fraction of sp³-hybridized carbons (Fsp3) is 0.294. The van der Waals surface area contributed by atoms with E-state index in [4.69, 9.17) is 4.74 Å². The number of rotatable bonds is 4. The molecular weight excluding hydrogens is 236 g/mol. The maximum atomic E-state index is 9.55. The molecular formula is C17H20O2. The van der Waals surface area contributed by atoms with E-state index in [1.165, 1.54) is 22.3 Å². The maximum absolute atomic E-state index is 9.55. The summed E-state index contributed by atoms with van der Waals surface area (Å²) in [5, 5.41) is 9.55. The first-order valence-electron chi connectivity index (χ1n) is 6.52. The van der Waals surface area contributed by atoms with Crippen molar-refractivity contribution < 1.29 is 9.84 Å². The van der Waals surface area contributed by atoms with Crippen molar-refractivity contribution in [2.24, 2.45) is 0 Å². The molecule has 2 rings (SSSR count). The van der Waals surface area contributed by atoms with Crippen molar-refractivity contribution in [3.63, 3.8) is 0 Å². The van der Waals surface area contributed by atoms with E-state index in [2.05, 4.69) is 26.0 Å². The van der Waals surface area contributed by atoms with Gasteiger partial charge < -0.3 is 9.84 Å². The highest BCUT2D eigenvalue weighted by Crippen LogP contribution is 2.21. The van der Waals surface area contributed by atoms with Crippen LogP contribution >= 0.6 is 0 Å². The Labute approximate surface area is 114 Å². The molecule has 0 unspecified atom stereocenters. The molecule has 0 aromatic heterocycles. The normalized spacial score (nSPS) is 10.5. The fourth-order valence-corrected chi connectivity index (χ4v) is 2.24. The van der Waals surface area contributed by atoms with Crippen molar-refractivity contribution in [2.75, 3.05) is 7.11 Å². The van der Waals surface area contributed by atoms with Crippen LogP contribution in [-0.4, -0.2) is 12.2 Å². The number of phenols is 1. The number of methoxy groups -OCH3 is 1. The smallest absolute Gasteiger partial charge is 0.119 e. The second-order valence-corrected chi connectivity index (χ2v) is 4.90. The number of ether oxygens (including phenoxy) is 1. The Hall–Kier alpha value is -1.96. The first-order chi connectivity index (χ1) is 9.10. The average Bonchev–Trinajstić information content (AvgIpc) is 2.41. The SMILES string of the molecule is COc1ccc(C)c(CCc2cc(O)ccc2C)c1. The van der Waals surface area contributed by atoms with Crippen molar-refractivity contribution in [1.29, 1.82) is 0 Å². The number of aromatic hydroxyl groups is 1. The van der Waals surface area contributed by atoms with Crippen LogP contribution < -0.4 is 4.74 Å². The molecule has 0 spiro atoms. The van der Waals surface area contributed by atoms with Gasteiger partial charge >= 0.3 is 0 Å². The van der Waals surface area contributed by atoms with Crippen molar-refractivity contribution >= 4 is 0 Å². The zero-order chi connectivity index (χ0) is 13.8. The van der Waals surface area contributed by atoms with Crippen LogP contribution in [0.25, 0.3) is 0 Å². The van der Waals surface area contributed by atoms with Gasteiger partial charge in [-0.25, -0.2) is 0 Å². The molecule has 0 saturated carbocycles. The van der Waals surface area contributed by atoms with Gasteiger partial charge in [0, 0.05) is 0 Å². The molecule has 0 bridgehead atoms. The lowest BCUT2D eigenvalue weighted by molar-refractivity contribution is 0.414. The lowest BCUT2D eigenvalue weighted by Gasteiger charge is -2.10. The van der Waals surface area contributed by atoms with Gasteiger partial charge in [0.1, 0.15) is 11.5 Å². The fourth-order valence-electron chi connectivity index (χ4n) is 2.24. The van der Waals surface area contributed by atoms with Gasteiger partial charge in [-0.2, -0.15) is 0 Å². The average molecular weight is 256 g/mol. The van der Waals surface area contributed by atoms with Gasteiger partial charge in [-0.3, -0.25) is 0 Å². The molecule has 0 aliphatic carbocycles. The van der Waals surface area contributed by atoms with Crippen LogP contribution in [0.4, 0.5) is 0 Å². The zero-order valence-corrected chi connectivity index (χ0v) is 11.7. The molecule has 1 N–H and O–H groups in total. The molecule has 2 aromatic carbocycles. The van der Waals surface area contributed by atoms with Crippen molar-refractivity contribution in [3.05, 3.63) is 58.7 Å². The van der Waals surface area contributed by atoms with E-state index in [-0.39, 0.29) is 0 Å². The van der Waals surface area contributed by atoms with Crippen LogP contribution in [0.15, 0.2) is 36.4 Å². The summed E-state index contributed by atoms with van der Waals surface area (Å²) in [7, 11) is 1.69. The summed E-state index contributed by atoms with van der Waals surface area (Å²) < 4.78 is 5.26. The van der Waals surface area contributed by atoms with Crippen LogP contribution in [-0.2, 0) is 12.8 Å². The quantitative estimate of drug-likeness (QED) is 0.901. The van der Waals surface area contributed by atoms with Crippen LogP contribution in [0.5, 0.6) is 11.5 Å². The highest BCUT2D eigenvalue weighted by molar-refractivity contribution is 5.38. The molecule has 0 aliphatic heterocycles. The van der Waals surface area contributed by atoms with E-state index < -0.39 is 0 Å². The third kappa shape index (κ3) is 3.28. The van der Waals surface area contributed by atoms with Crippen molar-refractivity contribution in [1.82, 2.24) is 0 Å². The number of hydrogen-bond donors (Lipinski definition) is 1. The number of phenolic OH excluding ortho intramolecular Hbond substituents is 1. The second-order valence-electron chi connectivity index (χ2n) is 4.90. The monoisotopic (exact) mass is 256 g/mol. The van der Waals surface area contributed by atoms with E-state index in [0.717, 1.165) is 18.6 Å². The number of hydrogen-bond acceptors (Lipinski definition) is 2. The van der Waals surface area contributed by atoms with Crippen LogP contribution in [0.1, 0.15) is 22.3 Å². The summed E-state index contributed by atoms with van der Waals surface area (Å²) in [5.41, 5.74) is 4.99. The Morgan fingerprint density at radius 1 is 0.895 bits per heavy atom. The van der Waals surface area contributed by atoms with Crippen LogP contribution in [0.3, 0.4) is 0 Å². The standard InChI is InChI=1S/C17H20O2/c1-12-4-8-16(18)10-14(12)6-7-15-11-17(19-3)9-5-13(15)2/h4-5,8-11,18H,6-7H2,1-3H3. The topological polar surface area (TPSA) is 29.5 Å². The second kappa shape index (κ2) is 5.79. The minimum atomic E-state index is 0.336. The van der Waals surface area contributed by atoms with Crippen molar-refractivity contribution in [2.45, 2.75) is 26.7 Å². The molecule has 0 atom stereocenters. The molecule has 2 aromatic rings. The minimum absolute atomic E-state index is 0.336. The van der Waals surface area contributed by atoms with Crippen LogP contribution in [0, 0.1) is 13.8 Å². The van der Waals surface area contributed by atoms with Gasteiger partial charge in [0.15, 0.2) is 0 Å². The first kappa shape index (κ1) is 13.5. The third-order valence-corrected chi connectivity index (χ3v) is 3.55. The Morgan fingerprint density at radius 3 is 2.11 bits per heavy atom. The lowest BCUT2D eigenvalue weighted by atomic mass is 9.97. The van der Waals surface area contributed by atoms with E-state index in [1.54, 1.807) is 13.2 Å². The van der Waals surface area contributed by atoms with E-state index >= 15 is 0 Å². The number of benzene rings is 2. The van der Waals surface area contributed by atoms with Gasteiger partial charge in [0.25, 0.3) is 0 Å². The third-order valence-electron chi connectivity index (χ3n) is 3.55. The molecule has 2 heteroatoms. The molecule has 0 fully saturated rings.